The molecule has 5 nitrogen and oxygen atoms in total. The average Bonchev–Trinajstić information content (AvgIpc) is 2.70. The van der Waals surface area contributed by atoms with Gasteiger partial charge in [0.1, 0.15) is 0 Å². The van der Waals surface area contributed by atoms with Crippen molar-refractivity contribution in [2.75, 3.05) is 23.7 Å². The first-order valence-electron chi connectivity index (χ1n) is 8.88. The molecule has 0 fully saturated rings. The number of rotatable bonds is 1. The molecule has 0 saturated carbocycles. The molecule has 1 aliphatic heterocycles. The van der Waals surface area contributed by atoms with Gasteiger partial charge in [0.05, 0.1) is 11.4 Å². The molecule has 3 rings (SSSR count). The van der Waals surface area contributed by atoms with Crippen molar-refractivity contribution >= 4 is 41.6 Å². The van der Waals surface area contributed by atoms with Crippen molar-refractivity contribution in [3.05, 3.63) is 65.6 Å². The minimum absolute atomic E-state index is 0. The van der Waals surface area contributed by atoms with Gasteiger partial charge >= 0.3 is 16.5 Å². The van der Waals surface area contributed by atoms with Crippen molar-refractivity contribution in [3.63, 3.8) is 0 Å². The molecule has 2 aromatic rings. The van der Waals surface area contributed by atoms with Gasteiger partial charge in [-0.15, -0.1) is 12.2 Å². The van der Waals surface area contributed by atoms with Crippen LogP contribution < -0.4 is 10.6 Å². The molecule has 0 spiro atoms. The van der Waals surface area contributed by atoms with Crippen LogP contribution in [0.15, 0.2) is 65.3 Å². The van der Waals surface area contributed by atoms with Crippen LogP contribution in [0.25, 0.3) is 5.32 Å². The van der Waals surface area contributed by atoms with Gasteiger partial charge in [-0.1, -0.05) is 49.1 Å². The number of nitriles is 1. The largest absolute Gasteiger partial charge is 2.00 e. The molecule has 2 aromatic carbocycles. The van der Waals surface area contributed by atoms with Gasteiger partial charge in [-0.05, 0) is 30.2 Å². The number of anilines is 2. The first-order chi connectivity index (χ1) is 13.3. The maximum absolute atomic E-state index is 7.13. The first-order valence-corrected chi connectivity index (χ1v) is 9.29. The van der Waals surface area contributed by atoms with Gasteiger partial charge in [0.25, 0.3) is 0 Å². The molecule has 0 atom stereocenters. The third-order valence-electron chi connectivity index (χ3n) is 3.93. The van der Waals surface area contributed by atoms with Crippen molar-refractivity contribution < 1.29 is 16.5 Å². The second-order valence-corrected chi connectivity index (χ2v) is 5.95. The fraction of sp³-hybridized carbons (Fsp3) is 0.238. The van der Waals surface area contributed by atoms with E-state index in [9.17, 15) is 0 Å². The van der Waals surface area contributed by atoms with Gasteiger partial charge in [0, 0.05) is 24.6 Å². The Kier molecular flexibility index (Phi) is 11.4. The van der Waals surface area contributed by atoms with Crippen LogP contribution in [-0.2, 0) is 29.1 Å². The van der Waals surface area contributed by atoms with E-state index in [1.165, 1.54) is 5.40 Å². The Bertz CT molecular complexity index is 830. The van der Waals surface area contributed by atoms with E-state index in [4.69, 9.17) is 10.6 Å². The Hall–Kier alpha value is -2.55. The first kappa shape index (κ1) is 23.5. The fourth-order valence-electron chi connectivity index (χ4n) is 2.52. The predicted molar refractivity (Wildman–Crippen MR) is 117 cm³/mol. The predicted octanol–water partition coefficient (Wildman–Crippen LogP) is 5.63. The average molecular weight is 436 g/mol. The van der Waals surface area contributed by atoms with E-state index in [2.05, 4.69) is 47.3 Å². The maximum atomic E-state index is 7.13. The summed E-state index contributed by atoms with van der Waals surface area (Å²) in [4.78, 5) is 4.66. The Morgan fingerprint density at radius 1 is 1.14 bits per heavy atom. The normalized spacial score (nSPS) is 14.8. The second-order valence-electron chi connectivity index (χ2n) is 5.76. The summed E-state index contributed by atoms with van der Waals surface area (Å²) in [5.74, 6) is 0. The monoisotopic (exact) mass is 435 g/mol. The third kappa shape index (κ3) is 7.60. The van der Waals surface area contributed by atoms with Gasteiger partial charge in [0.2, 0.25) is 0 Å². The van der Waals surface area contributed by atoms with Gasteiger partial charge in [-0.2, -0.15) is 0 Å². The summed E-state index contributed by atoms with van der Waals surface area (Å²) in [5, 5.41) is 20.0. The molecule has 1 heterocycles. The van der Waals surface area contributed by atoms with Gasteiger partial charge in [0.15, 0.2) is 0 Å². The number of allylic oxidation sites excluding steroid dienone is 1. The number of hydrogen-bond acceptors (Lipinski definition) is 5. The fourth-order valence-corrected chi connectivity index (χ4v) is 2.52. The molecule has 1 aliphatic rings. The van der Waals surface area contributed by atoms with E-state index in [0.29, 0.717) is 0 Å². The molecule has 2 N–H and O–H groups in total. The third-order valence-corrected chi connectivity index (χ3v) is 3.93. The van der Waals surface area contributed by atoms with E-state index in [0.717, 1.165) is 54.3 Å². The van der Waals surface area contributed by atoms with Crippen LogP contribution in [0, 0.1) is 10.7 Å². The molecular weight excluding hydrogens is 413 g/mol. The Morgan fingerprint density at radius 2 is 1.82 bits per heavy atom. The standard InChI is InChI=1S/C20H23N4.CHNS.Ni/c1-2-16-14-23-19-10-5-3-8-17(19)21-12-7-13-22-18-9-4-6-11-20(18)24-15-16;2-1-3;/h3-6,8-11,14-15,21,24H,2,7,12-13H2,1H3;3H;/q-1;;+2/p-1/b16-15-,23-14?;;. The smallest absolute Gasteiger partial charge is 0.696 e. The molecule has 0 aromatic heterocycles. The van der Waals surface area contributed by atoms with E-state index in [1.807, 2.05) is 48.8 Å². The summed E-state index contributed by atoms with van der Waals surface area (Å²) in [5.41, 5.74) is 5.19. The van der Waals surface area contributed by atoms with Crippen molar-refractivity contribution in [2.45, 2.75) is 19.8 Å². The van der Waals surface area contributed by atoms with Crippen molar-refractivity contribution in [3.8, 4) is 5.40 Å². The van der Waals surface area contributed by atoms with E-state index < -0.39 is 0 Å². The zero-order valence-electron chi connectivity index (χ0n) is 15.7. The van der Waals surface area contributed by atoms with Crippen molar-refractivity contribution in [1.82, 2.24) is 0 Å². The van der Waals surface area contributed by atoms with Crippen molar-refractivity contribution in [1.29, 1.82) is 5.26 Å². The quantitative estimate of drug-likeness (QED) is 0.345. The Morgan fingerprint density at radius 3 is 2.57 bits per heavy atom. The number of aliphatic imine (C=N–C) groups is 1. The molecule has 7 heteroatoms. The van der Waals surface area contributed by atoms with Gasteiger partial charge in [-0.3, -0.25) is 4.99 Å². The summed E-state index contributed by atoms with van der Waals surface area (Å²) < 4.78 is 0. The zero-order valence-corrected chi connectivity index (χ0v) is 17.5. The van der Waals surface area contributed by atoms with Gasteiger partial charge < -0.3 is 28.6 Å². The number of hydrogen-bond donors (Lipinski definition) is 2. The topological polar surface area (TPSA) is 74.3 Å². The minimum Gasteiger partial charge on any atom is -0.696 e. The molecule has 0 aliphatic carbocycles. The summed E-state index contributed by atoms with van der Waals surface area (Å²) >= 11 is 3.70. The Labute approximate surface area is 182 Å². The summed E-state index contributed by atoms with van der Waals surface area (Å²) in [6.07, 6.45) is 5.83. The summed E-state index contributed by atoms with van der Waals surface area (Å²) in [7, 11) is 0. The number of benzene rings is 2. The van der Waals surface area contributed by atoms with Crippen molar-refractivity contribution in [2.24, 2.45) is 4.99 Å². The van der Waals surface area contributed by atoms with Crippen LogP contribution in [0.5, 0.6) is 0 Å². The molecule has 0 amide bonds. The van der Waals surface area contributed by atoms with Crippen LogP contribution in [0.2, 0.25) is 0 Å². The van der Waals surface area contributed by atoms with Crippen LogP contribution >= 0.6 is 0 Å². The zero-order chi connectivity index (χ0) is 19.3. The molecular formula is C21H23N5NiS. The number of thiocyanates is 1. The van der Waals surface area contributed by atoms with Gasteiger partial charge in [-0.25, -0.2) is 5.26 Å². The number of nitrogens with one attached hydrogen (secondary N) is 2. The van der Waals surface area contributed by atoms with Crippen LogP contribution in [-0.4, -0.2) is 19.3 Å². The van der Waals surface area contributed by atoms with E-state index in [1.54, 1.807) is 0 Å². The Balaban J connectivity index is 0.000000921. The van der Waals surface area contributed by atoms with Crippen LogP contribution in [0.4, 0.5) is 22.7 Å². The molecule has 0 saturated heterocycles. The number of nitrogens with zero attached hydrogens (tertiary/aromatic N) is 3. The SMILES string of the molecule is CC/C1=C/Nc2ccccc2[N-]CCCNc2ccccc2N=C1.N#C[S-].[Ni+2]. The maximum Gasteiger partial charge on any atom is 2.00 e. The van der Waals surface area contributed by atoms with E-state index in [-0.39, 0.29) is 16.5 Å². The molecule has 0 bridgehead atoms. The van der Waals surface area contributed by atoms with Crippen LogP contribution in [0.1, 0.15) is 19.8 Å². The molecule has 0 radical (unpaired) electrons. The summed E-state index contributed by atoms with van der Waals surface area (Å²) in [6.45, 7) is 3.80. The molecule has 148 valence electrons. The van der Waals surface area contributed by atoms with E-state index >= 15 is 0 Å². The van der Waals surface area contributed by atoms with Crippen LogP contribution in [0.3, 0.4) is 0 Å². The summed E-state index contributed by atoms with van der Waals surface area (Å²) in [6, 6.07) is 16.3. The molecule has 28 heavy (non-hydrogen) atoms. The minimum atomic E-state index is 0. The second kappa shape index (κ2) is 13.6. The molecule has 0 unspecified atom stereocenters. The number of fused-ring (bicyclic) bond motifs is 2. The number of para-hydroxylation sites is 4.